The first-order chi connectivity index (χ1) is 15.6. The molecule has 1 aliphatic heterocycles. The van der Waals surface area contributed by atoms with Crippen LogP contribution in [0.4, 0.5) is 5.82 Å². The van der Waals surface area contributed by atoms with Crippen LogP contribution in [0.15, 0.2) is 42.6 Å². The quantitative estimate of drug-likeness (QED) is 0.417. The van der Waals surface area contributed by atoms with Crippen LogP contribution in [-0.4, -0.2) is 54.4 Å². The van der Waals surface area contributed by atoms with E-state index in [1.165, 1.54) is 0 Å². The third kappa shape index (κ3) is 6.55. The minimum atomic E-state index is -0.0352. The summed E-state index contributed by atoms with van der Waals surface area (Å²) in [6.45, 7) is 5.30. The fourth-order valence-corrected chi connectivity index (χ4v) is 3.65. The zero-order valence-corrected chi connectivity index (χ0v) is 18.6. The van der Waals surface area contributed by atoms with E-state index in [2.05, 4.69) is 22.9 Å². The number of carbonyl (C=O) groups excluding carboxylic acids is 2. The molecular weight excluding hydrogens is 404 g/mol. The molecule has 0 radical (unpaired) electrons. The minimum Gasteiger partial charge on any atom is -0.494 e. The third-order valence-corrected chi connectivity index (χ3v) is 5.59. The summed E-state index contributed by atoms with van der Waals surface area (Å²) in [5.74, 6) is 1.48. The van der Waals surface area contributed by atoms with Gasteiger partial charge in [-0.2, -0.15) is 5.26 Å². The van der Waals surface area contributed by atoms with Crippen LogP contribution in [0.1, 0.15) is 54.9 Å². The topological polar surface area (TPSA) is 86.5 Å². The van der Waals surface area contributed by atoms with Crippen molar-refractivity contribution in [1.29, 1.82) is 5.26 Å². The summed E-state index contributed by atoms with van der Waals surface area (Å²) < 4.78 is 5.68. The van der Waals surface area contributed by atoms with Crippen molar-refractivity contribution in [3.63, 3.8) is 0 Å². The Labute approximate surface area is 189 Å². The lowest BCUT2D eigenvalue weighted by molar-refractivity contribution is -0.131. The molecule has 0 N–H and O–H groups in total. The summed E-state index contributed by atoms with van der Waals surface area (Å²) in [5, 5.41) is 9.04. The van der Waals surface area contributed by atoms with Gasteiger partial charge >= 0.3 is 0 Å². The largest absolute Gasteiger partial charge is 0.494 e. The van der Waals surface area contributed by atoms with Crippen molar-refractivity contribution in [2.24, 2.45) is 0 Å². The number of hydrogen-bond acceptors (Lipinski definition) is 6. The molecule has 168 valence electrons. The van der Waals surface area contributed by atoms with Crippen molar-refractivity contribution in [2.45, 2.75) is 39.0 Å². The molecule has 0 bridgehead atoms. The zero-order valence-electron chi connectivity index (χ0n) is 18.6. The Morgan fingerprint density at radius 1 is 1.06 bits per heavy atom. The van der Waals surface area contributed by atoms with Gasteiger partial charge in [-0.05, 0) is 42.8 Å². The van der Waals surface area contributed by atoms with Gasteiger partial charge in [0, 0.05) is 50.8 Å². The second-order valence-corrected chi connectivity index (χ2v) is 7.89. The van der Waals surface area contributed by atoms with Gasteiger partial charge in [-0.3, -0.25) is 9.59 Å². The molecule has 1 aromatic heterocycles. The van der Waals surface area contributed by atoms with E-state index in [9.17, 15) is 9.59 Å². The fourth-order valence-electron chi connectivity index (χ4n) is 3.65. The number of nitriles is 1. The molecule has 2 heterocycles. The number of nitrogens with zero attached hydrogens (tertiary/aromatic N) is 4. The van der Waals surface area contributed by atoms with Gasteiger partial charge in [0.05, 0.1) is 18.2 Å². The molecule has 7 nitrogen and oxygen atoms in total. The van der Waals surface area contributed by atoms with E-state index >= 15 is 0 Å². The monoisotopic (exact) mass is 434 g/mol. The normalized spacial score (nSPS) is 13.5. The van der Waals surface area contributed by atoms with Crippen molar-refractivity contribution < 1.29 is 14.3 Å². The number of unbranched alkanes of at least 4 members (excludes halogenated alkanes) is 2. The Balaban J connectivity index is 1.42. The van der Waals surface area contributed by atoms with Crippen LogP contribution in [0.25, 0.3) is 0 Å². The van der Waals surface area contributed by atoms with E-state index in [1.807, 2.05) is 12.1 Å². The minimum absolute atomic E-state index is 0.00684. The smallest absolute Gasteiger partial charge is 0.223 e. The molecule has 1 fully saturated rings. The number of Topliss-reactive ketones (excluding diaryl/α,β-unsaturated/α-hetero) is 1. The van der Waals surface area contributed by atoms with Crippen molar-refractivity contribution in [1.82, 2.24) is 9.88 Å². The summed E-state index contributed by atoms with van der Waals surface area (Å²) in [7, 11) is 0. The summed E-state index contributed by atoms with van der Waals surface area (Å²) in [5.41, 5.74) is 1.18. The maximum Gasteiger partial charge on any atom is 0.223 e. The number of piperazine rings is 1. The highest BCUT2D eigenvalue weighted by Gasteiger charge is 2.22. The number of amides is 1. The number of pyridine rings is 1. The summed E-state index contributed by atoms with van der Waals surface area (Å²) >= 11 is 0. The highest BCUT2D eigenvalue weighted by Crippen LogP contribution is 2.17. The molecule has 1 aliphatic rings. The average molecular weight is 435 g/mol. The zero-order chi connectivity index (χ0) is 22.8. The van der Waals surface area contributed by atoms with Crippen molar-refractivity contribution >= 4 is 17.5 Å². The summed E-state index contributed by atoms with van der Waals surface area (Å²) in [4.78, 5) is 33.3. The number of rotatable bonds is 10. The first kappa shape index (κ1) is 23.3. The van der Waals surface area contributed by atoms with E-state index in [4.69, 9.17) is 10.00 Å². The first-order valence-electron chi connectivity index (χ1n) is 11.3. The van der Waals surface area contributed by atoms with Gasteiger partial charge in [-0.15, -0.1) is 0 Å². The highest BCUT2D eigenvalue weighted by atomic mass is 16.5. The molecule has 3 rings (SSSR count). The number of ketones is 1. The summed E-state index contributed by atoms with van der Waals surface area (Å²) in [6, 6.07) is 12.7. The Bertz CT molecular complexity index is 944. The SMILES string of the molecule is CCCCCOc1ccc(C(=O)CCC(=O)N2CCN(c3cc(C#N)ccn3)CC2)cc1. The average Bonchev–Trinajstić information content (AvgIpc) is 2.85. The fraction of sp³-hybridized carbons (Fsp3) is 0.440. The Morgan fingerprint density at radius 2 is 1.81 bits per heavy atom. The predicted molar refractivity (Wildman–Crippen MR) is 123 cm³/mol. The number of benzene rings is 1. The molecule has 0 unspecified atom stereocenters. The molecule has 0 saturated carbocycles. The number of anilines is 1. The number of aromatic nitrogens is 1. The van der Waals surface area contributed by atoms with Gasteiger partial charge in [-0.1, -0.05) is 19.8 Å². The molecule has 2 aromatic rings. The van der Waals surface area contributed by atoms with E-state index < -0.39 is 0 Å². The number of hydrogen-bond donors (Lipinski definition) is 0. The molecule has 1 amide bonds. The standard InChI is InChI=1S/C25H30N4O3/c1-2-3-4-17-32-22-7-5-21(6-8-22)23(30)9-10-25(31)29-15-13-28(14-16-29)24-18-20(19-26)11-12-27-24/h5-8,11-12,18H,2-4,9-10,13-17H2,1H3. The number of ether oxygens (including phenoxy) is 1. The van der Waals surface area contributed by atoms with Gasteiger partial charge in [0.2, 0.25) is 5.91 Å². The molecule has 32 heavy (non-hydrogen) atoms. The van der Waals surface area contributed by atoms with E-state index in [1.54, 1.807) is 35.4 Å². The van der Waals surface area contributed by atoms with Crippen molar-refractivity contribution in [3.8, 4) is 11.8 Å². The second-order valence-electron chi connectivity index (χ2n) is 7.89. The van der Waals surface area contributed by atoms with Gasteiger partial charge in [0.25, 0.3) is 0 Å². The van der Waals surface area contributed by atoms with Gasteiger partial charge in [0.1, 0.15) is 11.6 Å². The van der Waals surface area contributed by atoms with Crippen LogP contribution < -0.4 is 9.64 Å². The first-order valence-corrected chi connectivity index (χ1v) is 11.3. The molecule has 1 aromatic carbocycles. The van der Waals surface area contributed by atoms with Crippen molar-refractivity contribution in [2.75, 3.05) is 37.7 Å². The van der Waals surface area contributed by atoms with E-state index in [-0.39, 0.29) is 24.5 Å². The van der Waals surface area contributed by atoms with Crippen LogP contribution in [0, 0.1) is 11.3 Å². The molecular formula is C25H30N4O3. The van der Waals surface area contributed by atoms with Gasteiger partial charge in [-0.25, -0.2) is 4.98 Å². The molecule has 7 heteroatoms. The van der Waals surface area contributed by atoms with Crippen molar-refractivity contribution in [3.05, 3.63) is 53.7 Å². The van der Waals surface area contributed by atoms with Gasteiger partial charge in [0.15, 0.2) is 5.78 Å². The van der Waals surface area contributed by atoms with E-state index in [0.29, 0.717) is 43.9 Å². The Morgan fingerprint density at radius 3 is 2.50 bits per heavy atom. The Kier molecular flexibility index (Phi) is 8.61. The lowest BCUT2D eigenvalue weighted by atomic mass is 10.1. The van der Waals surface area contributed by atoms with Crippen LogP contribution in [-0.2, 0) is 4.79 Å². The Hall–Kier alpha value is -3.40. The van der Waals surface area contributed by atoms with Crippen LogP contribution in [0.5, 0.6) is 5.75 Å². The summed E-state index contributed by atoms with van der Waals surface area (Å²) in [6.07, 6.45) is 5.35. The molecule has 1 saturated heterocycles. The third-order valence-electron chi connectivity index (χ3n) is 5.59. The lowest BCUT2D eigenvalue weighted by Gasteiger charge is -2.35. The van der Waals surface area contributed by atoms with E-state index in [0.717, 1.165) is 30.8 Å². The second kappa shape index (κ2) is 11.8. The predicted octanol–water partition coefficient (Wildman–Crippen LogP) is 3.83. The maximum absolute atomic E-state index is 12.6. The molecule has 0 spiro atoms. The molecule has 0 atom stereocenters. The number of carbonyl (C=O) groups is 2. The van der Waals surface area contributed by atoms with Gasteiger partial charge < -0.3 is 14.5 Å². The molecule has 0 aliphatic carbocycles. The maximum atomic E-state index is 12.6. The highest BCUT2D eigenvalue weighted by molar-refractivity contribution is 5.98. The van der Waals surface area contributed by atoms with Crippen LogP contribution in [0.3, 0.4) is 0 Å². The van der Waals surface area contributed by atoms with Crippen LogP contribution in [0.2, 0.25) is 0 Å². The van der Waals surface area contributed by atoms with Crippen LogP contribution >= 0.6 is 0 Å². The lowest BCUT2D eigenvalue weighted by Crippen LogP contribution is -2.49.